The third kappa shape index (κ3) is 3.00. The molecule has 0 spiro atoms. The highest BCUT2D eigenvalue weighted by molar-refractivity contribution is 5.92. The van der Waals surface area contributed by atoms with Crippen LogP contribution in [-0.4, -0.2) is 27.3 Å². The second kappa shape index (κ2) is 7.03. The summed E-state index contributed by atoms with van der Waals surface area (Å²) in [5.41, 5.74) is 1.08. The van der Waals surface area contributed by atoms with Crippen LogP contribution in [0.1, 0.15) is 34.1 Å². The van der Waals surface area contributed by atoms with Crippen LogP contribution in [-0.2, 0) is 13.0 Å². The van der Waals surface area contributed by atoms with Crippen molar-refractivity contribution < 1.29 is 18.7 Å². The number of nitrogens with one attached hydrogen (secondary N) is 1. The molecule has 0 saturated carbocycles. The van der Waals surface area contributed by atoms with Crippen molar-refractivity contribution in [2.75, 3.05) is 12.0 Å². The molecule has 0 aliphatic carbocycles. The maximum Gasteiger partial charge on any atom is 0.341 e. The van der Waals surface area contributed by atoms with Crippen LogP contribution in [0.3, 0.4) is 0 Å². The van der Waals surface area contributed by atoms with E-state index in [2.05, 4.69) is 10.3 Å². The quantitative estimate of drug-likeness (QED) is 0.720. The van der Waals surface area contributed by atoms with E-state index in [4.69, 9.17) is 0 Å². The van der Waals surface area contributed by atoms with Crippen molar-refractivity contribution in [3.05, 3.63) is 69.5 Å². The zero-order valence-corrected chi connectivity index (χ0v) is 14.8. The lowest BCUT2D eigenvalue weighted by Gasteiger charge is -2.27. The van der Waals surface area contributed by atoms with Gasteiger partial charge in [-0.2, -0.15) is 0 Å². The summed E-state index contributed by atoms with van der Waals surface area (Å²) in [5, 5.41) is 12.4. The molecule has 0 radical (unpaired) electrons. The van der Waals surface area contributed by atoms with Crippen LogP contribution in [0.4, 0.5) is 14.5 Å². The third-order valence-corrected chi connectivity index (χ3v) is 5.02. The predicted molar refractivity (Wildman–Crippen MR) is 100 cm³/mol. The van der Waals surface area contributed by atoms with Gasteiger partial charge in [0.15, 0.2) is 0 Å². The van der Waals surface area contributed by atoms with Gasteiger partial charge in [-0.1, -0.05) is 0 Å². The Morgan fingerprint density at radius 2 is 2.21 bits per heavy atom. The highest BCUT2D eigenvalue weighted by atomic mass is 19.1. The number of anilines is 1. The summed E-state index contributed by atoms with van der Waals surface area (Å²) in [6, 6.07) is 5.87. The Hall–Kier alpha value is -3.29. The number of pyridine rings is 2. The first-order chi connectivity index (χ1) is 13.5. The maximum atomic E-state index is 14.9. The minimum atomic E-state index is -1.43. The Kier molecular flexibility index (Phi) is 4.54. The molecule has 1 atom stereocenters. The number of carbonyl (C=O) groups is 1. The fourth-order valence-corrected chi connectivity index (χ4v) is 3.66. The highest BCUT2D eigenvalue weighted by Crippen LogP contribution is 2.33. The molecule has 28 heavy (non-hydrogen) atoms. The Morgan fingerprint density at radius 3 is 2.96 bits per heavy atom. The molecule has 0 bridgehead atoms. The van der Waals surface area contributed by atoms with Crippen LogP contribution in [0.2, 0.25) is 0 Å². The molecule has 8 heteroatoms. The van der Waals surface area contributed by atoms with Crippen molar-refractivity contribution in [3.63, 3.8) is 0 Å². The molecule has 3 aromatic rings. The summed E-state index contributed by atoms with van der Waals surface area (Å²) in [7, 11) is 0. The van der Waals surface area contributed by atoms with E-state index >= 15 is 0 Å². The number of aromatic carboxylic acids is 1. The fourth-order valence-electron chi connectivity index (χ4n) is 3.66. The molecule has 0 amide bonds. The largest absolute Gasteiger partial charge is 0.477 e. The number of alkyl halides is 1. The van der Waals surface area contributed by atoms with Crippen molar-refractivity contribution in [1.29, 1.82) is 0 Å². The fraction of sp³-hybridized carbons (Fsp3) is 0.250. The summed E-state index contributed by atoms with van der Waals surface area (Å²) in [5.74, 6) is -2.04. The van der Waals surface area contributed by atoms with Gasteiger partial charge in [-0.05, 0) is 37.1 Å². The number of rotatable bonds is 4. The Balaban J connectivity index is 1.86. The minimum absolute atomic E-state index is 0.0764. The van der Waals surface area contributed by atoms with Crippen molar-refractivity contribution in [2.24, 2.45) is 0 Å². The number of fused-ring (bicyclic) bond motifs is 2. The molecule has 3 heterocycles. The van der Waals surface area contributed by atoms with Gasteiger partial charge in [0.2, 0.25) is 5.43 Å². The maximum absolute atomic E-state index is 14.9. The number of benzene rings is 1. The standard InChI is InChI=1S/C20H17F2N3O3/c21-5-7-25-10-13(20(27)28)19(26)12-8-14(22)11(9-18(12)25)15-3-4-16-17(24-15)2-1-6-23-16/h1-2,6,8-10,15,24H,3-5,7H2,(H,27,28). The van der Waals surface area contributed by atoms with Crippen LogP contribution in [0.25, 0.3) is 10.9 Å². The van der Waals surface area contributed by atoms with Gasteiger partial charge in [-0.15, -0.1) is 0 Å². The van der Waals surface area contributed by atoms with Gasteiger partial charge in [-0.3, -0.25) is 9.78 Å². The van der Waals surface area contributed by atoms with E-state index in [1.54, 1.807) is 12.3 Å². The number of hydrogen-bond donors (Lipinski definition) is 2. The molecular formula is C20H17F2N3O3. The summed E-state index contributed by atoms with van der Waals surface area (Å²) < 4.78 is 29.2. The molecule has 1 aliphatic heterocycles. The summed E-state index contributed by atoms with van der Waals surface area (Å²) in [6.07, 6.45) is 4.09. The first kappa shape index (κ1) is 18.1. The van der Waals surface area contributed by atoms with E-state index in [0.29, 0.717) is 23.9 Å². The number of hydrogen-bond acceptors (Lipinski definition) is 4. The van der Waals surface area contributed by atoms with Gasteiger partial charge in [-0.25, -0.2) is 13.6 Å². The molecule has 0 saturated heterocycles. The predicted octanol–water partition coefficient (Wildman–Crippen LogP) is 3.30. The Labute approximate surface area is 158 Å². The lowest BCUT2D eigenvalue weighted by Crippen LogP contribution is -2.22. The molecular weight excluding hydrogens is 368 g/mol. The number of nitrogens with zero attached hydrogens (tertiary/aromatic N) is 2. The van der Waals surface area contributed by atoms with Gasteiger partial charge in [0.25, 0.3) is 0 Å². The highest BCUT2D eigenvalue weighted by Gasteiger charge is 2.24. The van der Waals surface area contributed by atoms with E-state index in [1.807, 2.05) is 6.07 Å². The van der Waals surface area contributed by atoms with Crippen LogP contribution in [0.15, 0.2) is 41.5 Å². The molecule has 1 unspecified atom stereocenters. The van der Waals surface area contributed by atoms with Crippen molar-refractivity contribution in [3.8, 4) is 0 Å². The molecule has 4 rings (SSSR count). The second-order valence-corrected chi connectivity index (χ2v) is 6.68. The number of carboxylic acids is 1. The third-order valence-electron chi connectivity index (χ3n) is 5.02. The average Bonchev–Trinajstić information content (AvgIpc) is 2.69. The Morgan fingerprint density at radius 1 is 1.39 bits per heavy atom. The average molecular weight is 385 g/mol. The molecule has 0 fully saturated rings. The van der Waals surface area contributed by atoms with E-state index < -0.39 is 29.5 Å². The SMILES string of the molecule is O=C(O)c1cn(CCF)c2cc(C3CCc4ncccc4N3)c(F)cc2c1=O. The topological polar surface area (TPSA) is 84.2 Å². The van der Waals surface area contributed by atoms with Crippen molar-refractivity contribution >= 4 is 22.6 Å². The molecule has 2 N–H and O–H groups in total. The molecule has 1 aliphatic rings. The van der Waals surface area contributed by atoms with Crippen LogP contribution < -0.4 is 10.7 Å². The number of halogens is 2. The van der Waals surface area contributed by atoms with Gasteiger partial charge in [0.05, 0.1) is 29.5 Å². The van der Waals surface area contributed by atoms with Gasteiger partial charge >= 0.3 is 5.97 Å². The van der Waals surface area contributed by atoms with Crippen LogP contribution in [0.5, 0.6) is 0 Å². The summed E-state index contributed by atoms with van der Waals surface area (Å²) in [6.45, 7) is -0.878. The smallest absolute Gasteiger partial charge is 0.341 e. The van der Waals surface area contributed by atoms with E-state index in [9.17, 15) is 23.5 Å². The Bertz CT molecular complexity index is 1140. The van der Waals surface area contributed by atoms with Gasteiger partial charge in [0, 0.05) is 23.3 Å². The second-order valence-electron chi connectivity index (χ2n) is 6.68. The first-order valence-electron chi connectivity index (χ1n) is 8.86. The first-order valence-corrected chi connectivity index (χ1v) is 8.86. The minimum Gasteiger partial charge on any atom is -0.477 e. The van der Waals surface area contributed by atoms with Gasteiger partial charge in [0.1, 0.15) is 18.1 Å². The lowest BCUT2D eigenvalue weighted by atomic mass is 9.94. The van der Waals surface area contributed by atoms with Crippen molar-refractivity contribution in [1.82, 2.24) is 9.55 Å². The van der Waals surface area contributed by atoms with Crippen LogP contribution >= 0.6 is 0 Å². The van der Waals surface area contributed by atoms with Crippen LogP contribution in [0, 0.1) is 5.82 Å². The van der Waals surface area contributed by atoms with E-state index in [0.717, 1.165) is 23.6 Å². The molecule has 2 aromatic heterocycles. The molecule has 144 valence electrons. The van der Waals surface area contributed by atoms with Crippen molar-refractivity contribution in [2.45, 2.75) is 25.4 Å². The lowest BCUT2D eigenvalue weighted by molar-refractivity contribution is 0.0694. The number of carboxylic acid groups (broad SMARTS) is 1. The van der Waals surface area contributed by atoms with Gasteiger partial charge < -0.3 is 15.0 Å². The van der Waals surface area contributed by atoms with E-state index in [1.165, 1.54) is 10.6 Å². The number of aromatic nitrogens is 2. The zero-order chi connectivity index (χ0) is 19.8. The molecule has 1 aromatic carbocycles. The summed E-state index contributed by atoms with van der Waals surface area (Å²) in [4.78, 5) is 28.1. The zero-order valence-electron chi connectivity index (χ0n) is 14.8. The number of aryl methyl sites for hydroxylation is 2. The monoisotopic (exact) mass is 385 g/mol. The normalized spacial score (nSPS) is 15.9. The molecule has 6 nitrogen and oxygen atoms in total. The summed E-state index contributed by atoms with van der Waals surface area (Å²) >= 11 is 0. The van der Waals surface area contributed by atoms with E-state index in [-0.39, 0.29) is 18.0 Å².